The third kappa shape index (κ3) is 2.19. The van der Waals surface area contributed by atoms with Gasteiger partial charge in [-0.3, -0.25) is 9.59 Å². The van der Waals surface area contributed by atoms with E-state index in [2.05, 4.69) is 15.9 Å². The van der Waals surface area contributed by atoms with Crippen LogP contribution in [-0.4, -0.2) is 22.9 Å². The molecule has 21 heavy (non-hydrogen) atoms. The number of fused-ring (bicyclic) bond motifs is 1. The van der Waals surface area contributed by atoms with E-state index < -0.39 is 5.97 Å². The molecule has 0 saturated carbocycles. The maximum atomic E-state index is 12.5. The number of carbonyl (C=O) groups excluding carboxylic acids is 2. The zero-order valence-electron chi connectivity index (χ0n) is 11.0. The number of rotatable bonds is 2. The van der Waals surface area contributed by atoms with Gasteiger partial charge in [0.25, 0.3) is 0 Å². The van der Waals surface area contributed by atoms with Crippen molar-refractivity contribution >= 4 is 39.4 Å². The normalized spacial score (nSPS) is 24.3. The molecule has 2 unspecified atom stereocenters. The van der Waals surface area contributed by atoms with E-state index in [0.29, 0.717) is 17.3 Å². The zero-order valence-corrected chi connectivity index (χ0v) is 12.5. The van der Waals surface area contributed by atoms with E-state index in [9.17, 15) is 19.5 Å². The number of amides is 2. The number of carboxylic acids is 1. The molecule has 2 aliphatic rings. The van der Waals surface area contributed by atoms with Gasteiger partial charge in [-0.25, -0.2) is 9.69 Å². The van der Waals surface area contributed by atoms with Gasteiger partial charge in [0.1, 0.15) is 0 Å². The van der Waals surface area contributed by atoms with E-state index in [-0.39, 0.29) is 34.9 Å². The first-order valence-corrected chi connectivity index (χ1v) is 7.35. The summed E-state index contributed by atoms with van der Waals surface area (Å²) in [6, 6.07) is 4.52. The number of benzene rings is 1. The first-order chi connectivity index (χ1) is 10.0. The minimum atomic E-state index is -1.17. The van der Waals surface area contributed by atoms with E-state index in [1.165, 1.54) is 12.1 Å². The summed E-state index contributed by atoms with van der Waals surface area (Å²) in [6.07, 6.45) is 4.86. The summed E-state index contributed by atoms with van der Waals surface area (Å²) in [5.74, 6) is -2.51. The minimum Gasteiger partial charge on any atom is -0.478 e. The Hall–Kier alpha value is -1.95. The Kier molecular flexibility index (Phi) is 3.41. The molecule has 0 bridgehead atoms. The standard InChI is InChI=1S/C15H12BrNO4/c16-8-5-6-12(11(7-8)15(20)21)17-13(18)9-3-1-2-4-10(9)14(17)19/h1-2,5-7,9-10H,3-4H2,(H,20,21). The molecule has 0 aromatic heterocycles. The Morgan fingerprint density at radius 3 is 2.24 bits per heavy atom. The number of nitrogens with zero attached hydrogens (tertiary/aromatic N) is 1. The average Bonchev–Trinajstić information content (AvgIpc) is 2.72. The molecule has 1 aromatic carbocycles. The Labute approximate surface area is 129 Å². The summed E-state index contributed by atoms with van der Waals surface area (Å²) in [4.78, 5) is 37.4. The Bertz CT molecular complexity index is 656. The van der Waals surface area contributed by atoms with Gasteiger partial charge < -0.3 is 5.11 Å². The first-order valence-electron chi connectivity index (χ1n) is 6.56. The summed E-state index contributed by atoms with van der Waals surface area (Å²) in [7, 11) is 0. The van der Waals surface area contributed by atoms with Crippen LogP contribution in [-0.2, 0) is 9.59 Å². The van der Waals surface area contributed by atoms with Crippen molar-refractivity contribution in [1.82, 2.24) is 0 Å². The van der Waals surface area contributed by atoms with E-state index in [0.717, 1.165) is 4.90 Å². The third-order valence-corrected chi connectivity index (χ3v) is 4.43. The SMILES string of the molecule is O=C(O)c1cc(Br)ccc1N1C(=O)C2CC=CCC2C1=O. The van der Waals surface area contributed by atoms with Crippen LogP contribution in [0.1, 0.15) is 23.2 Å². The van der Waals surface area contributed by atoms with Gasteiger partial charge in [0.2, 0.25) is 11.8 Å². The van der Waals surface area contributed by atoms with Gasteiger partial charge in [0.15, 0.2) is 0 Å². The van der Waals surface area contributed by atoms with E-state index in [1.54, 1.807) is 6.07 Å². The minimum absolute atomic E-state index is 0.0577. The number of hydrogen-bond donors (Lipinski definition) is 1. The fourth-order valence-corrected chi connectivity index (χ4v) is 3.27. The monoisotopic (exact) mass is 349 g/mol. The highest BCUT2D eigenvalue weighted by molar-refractivity contribution is 9.10. The van der Waals surface area contributed by atoms with E-state index >= 15 is 0 Å². The maximum absolute atomic E-state index is 12.5. The van der Waals surface area contributed by atoms with Crippen LogP contribution in [0.5, 0.6) is 0 Å². The van der Waals surface area contributed by atoms with Gasteiger partial charge in [-0.2, -0.15) is 0 Å². The number of carbonyl (C=O) groups is 3. The van der Waals surface area contributed by atoms with Gasteiger partial charge in [-0.05, 0) is 31.0 Å². The van der Waals surface area contributed by atoms with Crippen LogP contribution in [0.2, 0.25) is 0 Å². The molecule has 6 heteroatoms. The predicted octanol–water partition coefficient (Wildman–Crippen LogP) is 2.60. The van der Waals surface area contributed by atoms with E-state index in [4.69, 9.17) is 0 Å². The van der Waals surface area contributed by atoms with Crippen molar-refractivity contribution in [2.45, 2.75) is 12.8 Å². The van der Waals surface area contributed by atoms with Gasteiger partial charge in [-0.15, -0.1) is 0 Å². The molecule has 1 aromatic rings. The summed E-state index contributed by atoms with van der Waals surface area (Å²) < 4.78 is 0.585. The summed E-state index contributed by atoms with van der Waals surface area (Å²) in [5, 5.41) is 9.30. The van der Waals surface area contributed by atoms with Crippen molar-refractivity contribution in [3.05, 3.63) is 40.4 Å². The van der Waals surface area contributed by atoms with Crippen molar-refractivity contribution in [1.29, 1.82) is 0 Å². The summed E-state index contributed by atoms with van der Waals surface area (Å²) >= 11 is 3.20. The largest absolute Gasteiger partial charge is 0.478 e. The van der Waals surface area contributed by atoms with Crippen LogP contribution >= 0.6 is 15.9 Å². The molecule has 1 aliphatic carbocycles. The molecule has 2 amide bonds. The van der Waals surface area contributed by atoms with Crippen molar-refractivity contribution < 1.29 is 19.5 Å². The Morgan fingerprint density at radius 1 is 1.14 bits per heavy atom. The molecule has 3 rings (SSSR count). The summed E-state index contributed by atoms with van der Waals surface area (Å²) in [6.45, 7) is 0. The van der Waals surface area contributed by atoms with Crippen molar-refractivity contribution in [2.75, 3.05) is 4.90 Å². The van der Waals surface area contributed by atoms with Gasteiger partial charge in [0, 0.05) is 4.47 Å². The van der Waals surface area contributed by atoms with Crippen LogP contribution in [0.3, 0.4) is 0 Å². The van der Waals surface area contributed by atoms with Crippen LogP contribution in [0, 0.1) is 11.8 Å². The highest BCUT2D eigenvalue weighted by Crippen LogP contribution is 2.39. The van der Waals surface area contributed by atoms with Crippen molar-refractivity contribution in [3.63, 3.8) is 0 Å². The quantitative estimate of drug-likeness (QED) is 0.657. The average molecular weight is 350 g/mol. The Balaban J connectivity index is 2.07. The second-order valence-corrected chi connectivity index (χ2v) is 6.05. The molecule has 0 spiro atoms. The maximum Gasteiger partial charge on any atom is 0.337 e. The molecule has 0 radical (unpaired) electrons. The lowest BCUT2D eigenvalue weighted by Gasteiger charge is -2.17. The van der Waals surface area contributed by atoms with Gasteiger partial charge in [-0.1, -0.05) is 28.1 Å². The van der Waals surface area contributed by atoms with Crippen molar-refractivity contribution in [2.24, 2.45) is 11.8 Å². The van der Waals surface area contributed by atoms with Crippen LogP contribution in [0.25, 0.3) is 0 Å². The molecule has 1 heterocycles. The Morgan fingerprint density at radius 2 is 1.71 bits per heavy atom. The molecule has 1 fully saturated rings. The van der Waals surface area contributed by atoms with Crippen molar-refractivity contribution in [3.8, 4) is 0 Å². The molecule has 1 aliphatic heterocycles. The smallest absolute Gasteiger partial charge is 0.337 e. The lowest BCUT2D eigenvalue weighted by Crippen LogP contribution is -2.32. The van der Waals surface area contributed by atoms with Gasteiger partial charge in [0.05, 0.1) is 23.1 Å². The second kappa shape index (κ2) is 5.11. The van der Waals surface area contributed by atoms with Gasteiger partial charge >= 0.3 is 5.97 Å². The first kappa shape index (κ1) is 14.0. The van der Waals surface area contributed by atoms with Crippen LogP contribution in [0.4, 0.5) is 5.69 Å². The van der Waals surface area contributed by atoms with Crippen LogP contribution < -0.4 is 4.90 Å². The lowest BCUT2D eigenvalue weighted by molar-refractivity contribution is -0.122. The molecule has 1 N–H and O–H groups in total. The number of imide groups is 1. The second-order valence-electron chi connectivity index (χ2n) is 5.13. The molecule has 108 valence electrons. The number of hydrogen-bond acceptors (Lipinski definition) is 3. The molecular formula is C15H12BrNO4. The highest BCUT2D eigenvalue weighted by atomic mass is 79.9. The highest BCUT2D eigenvalue weighted by Gasteiger charge is 2.48. The summed E-state index contributed by atoms with van der Waals surface area (Å²) in [5.41, 5.74) is 0.0905. The number of halogens is 1. The number of allylic oxidation sites excluding steroid dienone is 2. The topological polar surface area (TPSA) is 74.7 Å². The van der Waals surface area contributed by atoms with Crippen LogP contribution in [0.15, 0.2) is 34.8 Å². The number of aromatic carboxylic acids is 1. The number of anilines is 1. The number of carboxylic acid groups (broad SMARTS) is 1. The predicted molar refractivity (Wildman–Crippen MR) is 78.9 cm³/mol. The zero-order chi connectivity index (χ0) is 15.1. The molecule has 2 atom stereocenters. The third-order valence-electron chi connectivity index (χ3n) is 3.94. The fraction of sp³-hybridized carbons (Fsp3) is 0.267. The fourth-order valence-electron chi connectivity index (χ4n) is 2.91. The molecule has 1 saturated heterocycles. The molecule has 5 nitrogen and oxygen atoms in total. The van der Waals surface area contributed by atoms with E-state index in [1.807, 2.05) is 12.2 Å². The molecular weight excluding hydrogens is 338 g/mol. The lowest BCUT2D eigenvalue weighted by atomic mass is 9.85.